The van der Waals surface area contributed by atoms with Gasteiger partial charge in [0.05, 0.1) is 12.1 Å². The molecule has 0 bridgehead atoms. The number of hydrogen-bond donors (Lipinski definition) is 0. The smallest absolute Gasteiger partial charge is 0.0612 e. The Kier molecular flexibility index (Phi) is 2.59. The van der Waals surface area contributed by atoms with E-state index in [4.69, 9.17) is 4.74 Å². The Morgan fingerprint density at radius 3 is 2.79 bits per heavy atom. The van der Waals surface area contributed by atoms with Crippen LogP contribution in [0.1, 0.15) is 44.3 Å². The summed E-state index contributed by atoms with van der Waals surface area (Å²) in [7, 11) is 1.79. The van der Waals surface area contributed by atoms with Crippen molar-refractivity contribution < 1.29 is 4.74 Å². The van der Waals surface area contributed by atoms with Gasteiger partial charge >= 0.3 is 0 Å². The molecule has 0 amide bonds. The Labute approximate surface area is 85.1 Å². The van der Waals surface area contributed by atoms with Crippen LogP contribution in [0.25, 0.3) is 0 Å². The van der Waals surface area contributed by atoms with E-state index in [1.807, 2.05) is 6.20 Å². The maximum Gasteiger partial charge on any atom is 0.0612 e. The molecule has 3 heteroatoms. The molecule has 1 heterocycles. The van der Waals surface area contributed by atoms with Gasteiger partial charge in [-0.25, -0.2) is 0 Å². The lowest BCUT2D eigenvalue weighted by Crippen LogP contribution is -2.33. The fourth-order valence-electron chi connectivity index (χ4n) is 2.02. The number of aromatic nitrogens is 2. The lowest BCUT2D eigenvalue weighted by atomic mass is 9.89. The monoisotopic (exact) mass is 194 g/mol. The summed E-state index contributed by atoms with van der Waals surface area (Å²) in [5.41, 5.74) is 1.34. The predicted molar refractivity (Wildman–Crippen MR) is 55.4 cm³/mol. The minimum atomic E-state index is 0.448. The third kappa shape index (κ3) is 1.57. The summed E-state index contributed by atoms with van der Waals surface area (Å²) in [4.78, 5) is 0. The first-order valence-electron chi connectivity index (χ1n) is 5.28. The van der Waals surface area contributed by atoms with E-state index in [0.717, 1.165) is 12.8 Å². The van der Waals surface area contributed by atoms with Crippen molar-refractivity contribution in [2.24, 2.45) is 0 Å². The van der Waals surface area contributed by atoms with Crippen LogP contribution < -0.4 is 0 Å². The van der Waals surface area contributed by atoms with Gasteiger partial charge in [0.1, 0.15) is 0 Å². The number of hydrogen-bond acceptors (Lipinski definition) is 2. The van der Waals surface area contributed by atoms with Gasteiger partial charge in [-0.05, 0) is 24.8 Å². The zero-order chi connectivity index (χ0) is 10.1. The third-order valence-corrected chi connectivity index (χ3v) is 3.04. The van der Waals surface area contributed by atoms with E-state index in [2.05, 4.69) is 29.7 Å². The molecule has 0 aliphatic heterocycles. The Bertz CT molecular complexity index is 300. The summed E-state index contributed by atoms with van der Waals surface area (Å²) in [6, 6.07) is 2.68. The number of nitrogens with zero attached hydrogens (tertiary/aromatic N) is 2. The lowest BCUT2D eigenvalue weighted by molar-refractivity contribution is 0.00143. The maximum atomic E-state index is 5.27. The second kappa shape index (κ2) is 3.73. The predicted octanol–water partition coefficient (Wildman–Crippen LogP) is 2.36. The van der Waals surface area contributed by atoms with Crippen molar-refractivity contribution in [3.63, 3.8) is 0 Å². The summed E-state index contributed by atoms with van der Waals surface area (Å²) in [6.45, 7) is 4.42. The van der Waals surface area contributed by atoms with Gasteiger partial charge in [0, 0.05) is 19.0 Å². The molecule has 78 valence electrons. The van der Waals surface area contributed by atoms with Crippen molar-refractivity contribution in [3.8, 4) is 0 Å². The molecule has 1 aliphatic carbocycles. The fraction of sp³-hybridized carbons (Fsp3) is 0.727. The van der Waals surface area contributed by atoms with Crippen LogP contribution >= 0.6 is 0 Å². The Balaban J connectivity index is 2.07. The molecule has 0 N–H and O–H groups in total. The van der Waals surface area contributed by atoms with Gasteiger partial charge in [0.2, 0.25) is 0 Å². The van der Waals surface area contributed by atoms with Crippen LogP contribution in [0, 0.1) is 0 Å². The van der Waals surface area contributed by atoms with Gasteiger partial charge in [0.25, 0.3) is 0 Å². The molecule has 1 aliphatic rings. The van der Waals surface area contributed by atoms with E-state index >= 15 is 0 Å². The summed E-state index contributed by atoms with van der Waals surface area (Å²) in [6.07, 6.45) is 4.56. The van der Waals surface area contributed by atoms with E-state index in [-0.39, 0.29) is 0 Å². The Morgan fingerprint density at radius 1 is 1.50 bits per heavy atom. The van der Waals surface area contributed by atoms with Crippen LogP contribution in [0.15, 0.2) is 12.3 Å². The van der Waals surface area contributed by atoms with Gasteiger partial charge in [-0.3, -0.25) is 4.68 Å². The molecule has 1 aromatic rings. The first kappa shape index (κ1) is 9.71. The molecule has 1 fully saturated rings. The minimum absolute atomic E-state index is 0.448. The van der Waals surface area contributed by atoms with Gasteiger partial charge in [0.15, 0.2) is 0 Å². The van der Waals surface area contributed by atoms with Gasteiger partial charge in [-0.2, -0.15) is 5.10 Å². The summed E-state index contributed by atoms with van der Waals surface area (Å²) in [5.74, 6) is 0.555. The molecule has 14 heavy (non-hydrogen) atoms. The molecule has 0 unspecified atom stereocenters. The molecular formula is C11H18N2O. The normalized spacial score (nSPS) is 26.6. The largest absolute Gasteiger partial charge is 0.381 e. The highest BCUT2D eigenvalue weighted by atomic mass is 16.5. The fourth-order valence-corrected chi connectivity index (χ4v) is 2.02. The number of ether oxygens (including phenoxy) is 1. The average Bonchev–Trinajstić information content (AvgIpc) is 2.50. The van der Waals surface area contributed by atoms with Crippen LogP contribution in [0.5, 0.6) is 0 Å². The van der Waals surface area contributed by atoms with Gasteiger partial charge < -0.3 is 4.74 Å². The molecule has 0 spiro atoms. The SMILES string of the molecule is COC1CC(n2nccc2C(C)C)C1. The van der Waals surface area contributed by atoms with Crippen molar-refractivity contribution in [1.82, 2.24) is 9.78 Å². The van der Waals surface area contributed by atoms with Crippen LogP contribution in [-0.4, -0.2) is 23.0 Å². The highest BCUT2D eigenvalue weighted by molar-refractivity contribution is 5.08. The van der Waals surface area contributed by atoms with Crippen LogP contribution in [0.2, 0.25) is 0 Å². The van der Waals surface area contributed by atoms with Crippen molar-refractivity contribution in [3.05, 3.63) is 18.0 Å². The first-order chi connectivity index (χ1) is 6.72. The van der Waals surface area contributed by atoms with Gasteiger partial charge in [-0.1, -0.05) is 13.8 Å². The highest BCUT2D eigenvalue weighted by Gasteiger charge is 2.32. The second-order valence-electron chi connectivity index (χ2n) is 4.34. The molecular weight excluding hydrogens is 176 g/mol. The summed E-state index contributed by atoms with van der Waals surface area (Å²) < 4.78 is 7.44. The lowest BCUT2D eigenvalue weighted by Gasteiger charge is -2.35. The van der Waals surface area contributed by atoms with Crippen molar-refractivity contribution in [2.75, 3.05) is 7.11 Å². The molecule has 1 aromatic heterocycles. The molecule has 0 atom stereocenters. The molecule has 1 saturated carbocycles. The summed E-state index contributed by atoms with van der Waals surface area (Å²) in [5, 5.41) is 4.39. The van der Waals surface area contributed by atoms with Gasteiger partial charge in [-0.15, -0.1) is 0 Å². The number of methoxy groups -OCH3 is 1. The van der Waals surface area contributed by atoms with Crippen molar-refractivity contribution in [1.29, 1.82) is 0 Å². The molecule has 0 saturated heterocycles. The Hall–Kier alpha value is -0.830. The average molecular weight is 194 g/mol. The molecule has 3 nitrogen and oxygen atoms in total. The Morgan fingerprint density at radius 2 is 2.21 bits per heavy atom. The quantitative estimate of drug-likeness (QED) is 0.738. The standard InChI is InChI=1S/C11H18N2O/c1-8(2)11-4-5-12-13(11)9-6-10(7-9)14-3/h4-5,8-10H,6-7H2,1-3H3. The molecule has 0 aromatic carbocycles. The van der Waals surface area contributed by atoms with Crippen LogP contribution in [-0.2, 0) is 4.74 Å². The highest BCUT2D eigenvalue weighted by Crippen LogP contribution is 2.35. The first-order valence-corrected chi connectivity index (χ1v) is 5.28. The minimum Gasteiger partial charge on any atom is -0.381 e. The zero-order valence-corrected chi connectivity index (χ0v) is 9.10. The maximum absolute atomic E-state index is 5.27. The van der Waals surface area contributed by atoms with Crippen LogP contribution in [0.4, 0.5) is 0 Å². The second-order valence-corrected chi connectivity index (χ2v) is 4.34. The van der Waals surface area contributed by atoms with E-state index in [9.17, 15) is 0 Å². The molecule has 0 radical (unpaired) electrons. The third-order valence-electron chi connectivity index (χ3n) is 3.04. The van der Waals surface area contributed by atoms with Crippen LogP contribution in [0.3, 0.4) is 0 Å². The van der Waals surface area contributed by atoms with E-state index in [1.54, 1.807) is 7.11 Å². The van der Waals surface area contributed by atoms with Crippen molar-refractivity contribution in [2.45, 2.75) is 44.8 Å². The van der Waals surface area contributed by atoms with E-state index < -0.39 is 0 Å². The number of rotatable bonds is 3. The molecule has 2 rings (SSSR count). The topological polar surface area (TPSA) is 27.1 Å². The summed E-state index contributed by atoms with van der Waals surface area (Å²) >= 11 is 0. The van der Waals surface area contributed by atoms with E-state index in [1.165, 1.54) is 5.69 Å². The van der Waals surface area contributed by atoms with E-state index in [0.29, 0.717) is 18.1 Å². The van der Waals surface area contributed by atoms with Crippen molar-refractivity contribution >= 4 is 0 Å². The zero-order valence-electron chi connectivity index (χ0n) is 9.10.